The molecule has 0 radical (unpaired) electrons. The van der Waals surface area contributed by atoms with E-state index >= 15 is 0 Å². The van der Waals surface area contributed by atoms with Crippen LogP contribution in [0.5, 0.6) is 0 Å². The zero-order valence-corrected chi connectivity index (χ0v) is 18.6. The molecule has 0 bridgehead atoms. The van der Waals surface area contributed by atoms with E-state index in [0.717, 1.165) is 30.8 Å². The van der Waals surface area contributed by atoms with Crippen LogP contribution in [0.3, 0.4) is 0 Å². The second kappa shape index (κ2) is 12.5. The van der Waals surface area contributed by atoms with Crippen LogP contribution in [0.25, 0.3) is 6.08 Å². The fourth-order valence-electron chi connectivity index (χ4n) is 3.70. The van der Waals surface area contributed by atoms with Crippen LogP contribution in [0.1, 0.15) is 40.7 Å². The van der Waals surface area contributed by atoms with Crippen LogP contribution in [0.2, 0.25) is 0 Å². The predicted octanol–water partition coefficient (Wildman–Crippen LogP) is 3.04. The second-order valence-electron chi connectivity index (χ2n) is 8.00. The molecule has 1 aliphatic heterocycles. The van der Waals surface area contributed by atoms with E-state index in [2.05, 4.69) is 10.2 Å². The summed E-state index contributed by atoms with van der Waals surface area (Å²) in [6, 6.07) is 15.6. The Balaban J connectivity index is 1.66. The molecule has 3 N–H and O–H groups in total. The largest absolute Gasteiger partial charge is 0.324 e. The summed E-state index contributed by atoms with van der Waals surface area (Å²) >= 11 is 0. The molecule has 3 rings (SSSR count). The molecule has 0 unspecified atom stereocenters. The summed E-state index contributed by atoms with van der Waals surface area (Å²) in [4.78, 5) is 40.6. The van der Waals surface area contributed by atoms with E-state index in [4.69, 9.17) is 5.21 Å². The van der Waals surface area contributed by atoms with Crippen LogP contribution in [-0.4, -0.2) is 59.0 Å². The number of carbonyl (C=O) groups excluding carboxylic acids is 3. The van der Waals surface area contributed by atoms with Gasteiger partial charge in [0.15, 0.2) is 0 Å². The molecule has 0 aliphatic carbocycles. The average molecular weight is 451 g/mol. The molecule has 0 spiro atoms. The van der Waals surface area contributed by atoms with Gasteiger partial charge in [0.2, 0.25) is 0 Å². The van der Waals surface area contributed by atoms with Gasteiger partial charge in [-0.15, -0.1) is 0 Å². The number of nitrogens with one attached hydrogen (secondary N) is 2. The molecule has 1 fully saturated rings. The van der Waals surface area contributed by atoms with Gasteiger partial charge in [-0.1, -0.05) is 48.9 Å². The average Bonchev–Trinajstić information content (AvgIpc) is 2.86. The quantitative estimate of drug-likeness (QED) is 0.326. The number of piperidine rings is 1. The van der Waals surface area contributed by atoms with Crippen molar-refractivity contribution in [1.29, 1.82) is 0 Å². The Bertz CT molecular complexity index is 954. The lowest BCUT2D eigenvalue weighted by atomic mass is 10.1. The number of likely N-dealkylation sites (tertiary alicyclic amines) is 1. The predicted molar refractivity (Wildman–Crippen MR) is 125 cm³/mol. The molecule has 4 amide bonds. The molecule has 174 valence electrons. The maximum Gasteiger partial charge on any atom is 0.324 e. The Morgan fingerprint density at radius 3 is 2.33 bits per heavy atom. The van der Waals surface area contributed by atoms with E-state index in [1.54, 1.807) is 40.7 Å². The number of hydroxylamine groups is 1. The van der Waals surface area contributed by atoms with Crippen LogP contribution in [0.15, 0.2) is 60.7 Å². The maximum absolute atomic E-state index is 13.0. The minimum Gasteiger partial charge on any atom is -0.319 e. The SMILES string of the molecule is O=C(/C=C/c1ccc(CN(CCN2CCCCC2)C(=O)NC(=O)c2ccccc2)cc1)NO. The van der Waals surface area contributed by atoms with Gasteiger partial charge in [0, 0.05) is 31.3 Å². The molecule has 2 aromatic rings. The number of nitrogens with zero attached hydrogens (tertiary/aromatic N) is 2. The van der Waals surface area contributed by atoms with E-state index < -0.39 is 17.8 Å². The zero-order chi connectivity index (χ0) is 23.5. The summed E-state index contributed by atoms with van der Waals surface area (Å²) in [5, 5.41) is 11.1. The molecule has 0 aromatic heterocycles. The number of carbonyl (C=O) groups is 3. The maximum atomic E-state index is 13.0. The van der Waals surface area contributed by atoms with Crippen molar-refractivity contribution in [2.24, 2.45) is 0 Å². The molecule has 0 saturated carbocycles. The minimum absolute atomic E-state index is 0.350. The molecule has 8 nitrogen and oxygen atoms in total. The zero-order valence-electron chi connectivity index (χ0n) is 18.6. The Labute approximate surface area is 193 Å². The molecule has 1 heterocycles. The van der Waals surface area contributed by atoms with E-state index in [-0.39, 0.29) is 0 Å². The van der Waals surface area contributed by atoms with Crippen molar-refractivity contribution in [3.05, 3.63) is 77.4 Å². The van der Waals surface area contributed by atoms with Gasteiger partial charge >= 0.3 is 6.03 Å². The molecule has 8 heteroatoms. The van der Waals surface area contributed by atoms with Crippen molar-refractivity contribution in [1.82, 2.24) is 20.6 Å². The molecule has 33 heavy (non-hydrogen) atoms. The molecular formula is C25H30N4O4. The Kier molecular flexibility index (Phi) is 9.17. The van der Waals surface area contributed by atoms with E-state index in [1.807, 2.05) is 30.3 Å². The van der Waals surface area contributed by atoms with Crippen molar-refractivity contribution in [3.63, 3.8) is 0 Å². The van der Waals surface area contributed by atoms with Gasteiger partial charge in [0.05, 0.1) is 0 Å². The summed E-state index contributed by atoms with van der Waals surface area (Å²) in [5.41, 5.74) is 3.67. The van der Waals surface area contributed by atoms with Gasteiger partial charge in [0.1, 0.15) is 0 Å². The Hall–Kier alpha value is -3.49. The third kappa shape index (κ3) is 7.85. The van der Waals surface area contributed by atoms with Gasteiger partial charge in [0.25, 0.3) is 11.8 Å². The van der Waals surface area contributed by atoms with Crippen molar-refractivity contribution in [2.75, 3.05) is 26.2 Å². The third-order valence-corrected chi connectivity index (χ3v) is 5.57. The lowest BCUT2D eigenvalue weighted by molar-refractivity contribution is -0.124. The molecule has 1 aliphatic rings. The number of imide groups is 1. The van der Waals surface area contributed by atoms with Crippen LogP contribution >= 0.6 is 0 Å². The van der Waals surface area contributed by atoms with Crippen LogP contribution in [0, 0.1) is 0 Å². The Morgan fingerprint density at radius 1 is 0.970 bits per heavy atom. The smallest absolute Gasteiger partial charge is 0.319 e. The number of hydrogen-bond acceptors (Lipinski definition) is 5. The number of benzene rings is 2. The summed E-state index contributed by atoms with van der Waals surface area (Å²) in [5.74, 6) is -1.03. The van der Waals surface area contributed by atoms with Crippen LogP contribution in [-0.2, 0) is 11.3 Å². The highest BCUT2D eigenvalue weighted by molar-refractivity contribution is 6.04. The molecule has 1 saturated heterocycles. The lowest BCUT2D eigenvalue weighted by Crippen LogP contribution is -2.46. The standard InChI is InChI=1S/C25H30N4O4/c30-23(27-33)14-13-20-9-11-21(12-10-20)19-29(18-17-28-15-5-2-6-16-28)25(32)26-24(31)22-7-3-1-4-8-22/h1,3-4,7-14,33H,2,5-6,15-19H2,(H,27,30)(H,26,31,32)/b14-13+. The van der Waals surface area contributed by atoms with E-state index in [0.29, 0.717) is 18.7 Å². The van der Waals surface area contributed by atoms with Gasteiger partial charge in [-0.2, -0.15) is 0 Å². The van der Waals surface area contributed by atoms with Gasteiger partial charge in [-0.25, -0.2) is 10.3 Å². The second-order valence-corrected chi connectivity index (χ2v) is 8.00. The first kappa shape index (κ1) is 24.2. The normalized spacial score (nSPS) is 14.1. The summed E-state index contributed by atoms with van der Waals surface area (Å²) in [6.07, 6.45) is 6.38. The lowest BCUT2D eigenvalue weighted by Gasteiger charge is -2.30. The van der Waals surface area contributed by atoms with E-state index in [1.165, 1.54) is 25.3 Å². The summed E-state index contributed by atoms with van der Waals surface area (Å²) in [7, 11) is 0. The van der Waals surface area contributed by atoms with Crippen molar-refractivity contribution in [2.45, 2.75) is 25.8 Å². The first-order valence-electron chi connectivity index (χ1n) is 11.1. The van der Waals surface area contributed by atoms with Crippen molar-refractivity contribution < 1.29 is 19.6 Å². The third-order valence-electron chi connectivity index (χ3n) is 5.57. The van der Waals surface area contributed by atoms with Crippen molar-refractivity contribution >= 4 is 23.9 Å². The monoisotopic (exact) mass is 450 g/mol. The number of amides is 4. The first-order chi connectivity index (χ1) is 16.0. The first-order valence-corrected chi connectivity index (χ1v) is 11.1. The number of hydrogen-bond donors (Lipinski definition) is 3. The highest BCUT2D eigenvalue weighted by Crippen LogP contribution is 2.12. The van der Waals surface area contributed by atoms with Gasteiger partial charge in [-0.3, -0.25) is 20.1 Å². The molecule has 2 aromatic carbocycles. The molecular weight excluding hydrogens is 420 g/mol. The highest BCUT2D eigenvalue weighted by Gasteiger charge is 2.19. The van der Waals surface area contributed by atoms with E-state index in [9.17, 15) is 14.4 Å². The van der Waals surface area contributed by atoms with Gasteiger partial charge in [-0.05, 0) is 55.3 Å². The van der Waals surface area contributed by atoms with Crippen LogP contribution in [0.4, 0.5) is 4.79 Å². The molecule has 0 atom stereocenters. The number of urea groups is 1. The van der Waals surface area contributed by atoms with Crippen molar-refractivity contribution in [3.8, 4) is 0 Å². The fourth-order valence-corrected chi connectivity index (χ4v) is 3.70. The van der Waals surface area contributed by atoms with Gasteiger partial charge < -0.3 is 9.80 Å². The minimum atomic E-state index is -0.609. The summed E-state index contributed by atoms with van der Waals surface area (Å²) in [6.45, 7) is 3.67. The fraction of sp³-hybridized carbons (Fsp3) is 0.320. The number of rotatable bonds is 8. The highest BCUT2D eigenvalue weighted by atomic mass is 16.5. The summed E-state index contributed by atoms with van der Waals surface area (Å²) < 4.78 is 0. The topological polar surface area (TPSA) is 102 Å². The Morgan fingerprint density at radius 2 is 1.67 bits per heavy atom. The van der Waals surface area contributed by atoms with Crippen LogP contribution < -0.4 is 10.8 Å².